The number of carbonyl (C=O) groups excluding carboxylic acids is 1. The van der Waals surface area contributed by atoms with Gasteiger partial charge in [0, 0.05) is 28.8 Å². The number of pyridine rings is 1. The molecule has 2 aromatic carbocycles. The van der Waals surface area contributed by atoms with E-state index in [1.807, 2.05) is 11.5 Å². The second kappa shape index (κ2) is 6.45. The Hall–Kier alpha value is -2.66. The predicted octanol–water partition coefficient (Wildman–Crippen LogP) is 4.07. The Balaban J connectivity index is 2.08. The lowest BCUT2D eigenvalue weighted by atomic mass is 10.1. The third kappa shape index (κ3) is 3.03. The fraction of sp³-hybridized carbons (Fsp3) is 0.111. The van der Waals surface area contributed by atoms with Crippen LogP contribution in [-0.2, 0) is 6.54 Å². The summed E-state index contributed by atoms with van der Waals surface area (Å²) in [5.74, 6) is -0.947. The van der Waals surface area contributed by atoms with Crippen LogP contribution in [0.3, 0.4) is 0 Å². The SMILES string of the molecule is CCn1cc(C(=O)Nc2ccc(F)cc2)c(=O)c2cc(Cl)ccc21. The van der Waals surface area contributed by atoms with Crippen molar-refractivity contribution in [3.05, 3.63) is 75.3 Å². The van der Waals surface area contributed by atoms with Crippen molar-refractivity contribution in [1.29, 1.82) is 0 Å². The number of anilines is 1. The Bertz CT molecular complexity index is 981. The number of aryl methyl sites for hydroxylation is 1. The zero-order valence-corrected chi connectivity index (χ0v) is 13.6. The second-order valence-corrected chi connectivity index (χ2v) is 5.72. The third-order valence-electron chi connectivity index (χ3n) is 3.73. The van der Waals surface area contributed by atoms with E-state index in [2.05, 4.69) is 5.32 Å². The van der Waals surface area contributed by atoms with Gasteiger partial charge in [-0.25, -0.2) is 4.39 Å². The number of hydrogen-bond acceptors (Lipinski definition) is 2. The number of nitrogens with one attached hydrogen (secondary N) is 1. The molecule has 0 atom stereocenters. The summed E-state index contributed by atoms with van der Waals surface area (Å²) in [6.45, 7) is 2.51. The van der Waals surface area contributed by atoms with E-state index < -0.39 is 17.2 Å². The van der Waals surface area contributed by atoms with Gasteiger partial charge < -0.3 is 9.88 Å². The molecule has 0 fully saturated rings. The van der Waals surface area contributed by atoms with Crippen molar-refractivity contribution in [2.45, 2.75) is 13.5 Å². The van der Waals surface area contributed by atoms with Gasteiger partial charge in [0.25, 0.3) is 5.91 Å². The Morgan fingerprint density at radius 2 is 1.92 bits per heavy atom. The minimum atomic E-state index is -0.546. The van der Waals surface area contributed by atoms with Crippen LogP contribution >= 0.6 is 11.6 Å². The maximum atomic E-state index is 12.9. The maximum Gasteiger partial charge on any atom is 0.261 e. The molecular weight excluding hydrogens is 331 g/mol. The van der Waals surface area contributed by atoms with E-state index in [1.165, 1.54) is 30.5 Å². The van der Waals surface area contributed by atoms with Gasteiger partial charge in [-0.05, 0) is 49.4 Å². The molecular formula is C18H14ClFN2O2. The first-order valence-electron chi connectivity index (χ1n) is 7.39. The summed E-state index contributed by atoms with van der Waals surface area (Å²) in [6.07, 6.45) is 1.53. The molecule has 0 saturated carbocycles. The molecule has 1 heterocycles. The van der Waals surface area contributed by atoms with Crippen LogP contribution in [0.25, 0.3) is 10.9 Å². The van der Waals surface area contributed by atoms with Gasteiger partial charge in [0.15, 0.2) is 0 Å². The normalized spacial score (nSPS) is 10.8. The summed E-state index contributed by atoms with van der Waals surface area (Å²) in [5, 5.41) is 3.42. The second-order valence-electron chi connectivity index (χ2n) is 5.28. The number of halogens is 2. The highest BCUT2D eigenvalue weighted by Gasteiger charge is 2.15. The zero-order valence-electron chi connectivity index (χ0n) is 12.8. The number of hydrogen-bond donors (Lipinski definition) is 1. The van der Waals surface area contributed by atoms with Gasteiger partial charge in [0.05, 0.1) is 5.52 Å². The fourth-order valence-electron chi connectivity index (χ4n) is 2.52. The van der Waals surface area contributed by atoms with Crippen molar-refractivity contribution in [1.82, 2.24) is 4.57 Å². The molecule has 0 unspecified atom stereocenters. The van der Waals surface area contributed by atoms with Crippen molar-refractivity contribution >= 4 is 34.1 Å². The van der Waals surface area contributed by atoms with E-state index >= 15 is 0 Å². The summed E-state index contributed by atoms with van der Waals surface area (Å²) >= 11 is 5.98. The Labute approximate surface area is 142 Å². The molecule has 3 rings (SSSR count). The van der Waals surface area contributed by atoms with Crippen LogP contribution in [0, 0.1) is 5.82 Å². The van der Waals surface area contributed by atoms with Gasteiger partial charge >= 0.3 is 0 Å². The summed E-state index contributed by atoms with van der Waals surface area (Å²) in [6, 6.07) is 10.4. The molecule has 0 aliphatic rings. The number of nitrogens with zero attached hydrogens (tertiary/aromatic N) is 1. The summed E-state index contributed by atoms with van der Waals surface area (Å²) in [5.41, 5.74) is 0.744. The first-order valence-corrected chi connectivity index (χ1v) is 7.77. The average Bonchev–Trinajstić information content (AvgIpc) is 2.57. The highest BCUT2D eigenvalue weighted by Crippen LogP contribution is 2.18. The molecule has 4 nitrogen and oxygen atoms in total. The molecule has 24 heavy (non-hydrogen) atoms. The van der Waals surface area contributed by atoms with Crippen LogP contribution in [0.1, 0.15) is 17.3 Å². The lowest BCUT2D eigenvalue weighted by molar-refractivity contribution is 0.102. The molecule has 0 saturated heterocycles. The minimum Gasteiger partial charge on any atom is -0.347 e. The van der Waals surface area contributed by atoms with E-state index in [-0.39, 0.29) is 5.56 Å². The first-order chi connectivity index (χ1) is 11.5. The van der Waals surface area contributed by atoms with Gasteiger partial charge in [0.1, 0.15) is 11.4 Å². The number of rotatable bonds is 3. The van der Waals surface area contributed by atoms with E-state index in [1.54, 1.807) is 18.2 Å². The molecule has 0 aliphatic carbocycles. The molecule has 1 aromatic heterocycles. The van der Waals surface area contributed by atoms with Crippen molar-refractivity contribution in [2.75, 3.05) is 5.32 Å². The third-order valence-corrected chi connectivity index (χ3v) is 3.96. The van der Waals surface area contributed by atoms with Crippen LogP contribution in [0.2, 0.25) is 5.02 Å². The van der Waals surface area contributed by atoms with Gasteiger partial charge in [-0.15, -0.1) is 0 Å². The fourth-order valence-corrected chi connectivity index (χ4v) is 2.70. The van der Waals surface area contributed by atoms with E-state index in [9.17, 15) is 14.0 Å². The topological polar surface area (TPSA) is 51.1 Å². The molecule has 1 N–H and O–H groups in total. The standard InChI is InChI=1S/C18H14ClFN2O2/c1-2-22-10-15(17(23)14-9-11(19)3-8-16(14)22)18(24)21-13-6-4-12(20)5-7-13/h3-10H,2H2,1H3,(H,21,24). The van der Waals surface area contributed by atoms with E-state index in [4.69, 9.17) is 11.6 Å². The monoisotopic (exact) mass is 344 g/mol. The highest BCUT2D eigenvalue weighted by molar-refractivity contribution is 6.31. The van der Waals surface area contributed by atoms with Crippen molar-refractivity contribution in [2.24, 2.45) is 0 Å². The van der Waals surface area contributed by atoms with Crippen molar-refractivity contribution < 1.29 is 9.18 Å². The summed E-state index contributed by atoms with van der Waals surface area (Å²) in [7, 11) is 0. The molecule has 6 heteroatoms. The molecule has 0 bridgehead atoms. The molecule has 0 radical (unpaired) electrons. The van der Waals surface area contributed by atoms with Crippen LogP contribution in [0.4, 0.5) is 10.1 Å². The minimum absolute atomic E-state index is 0.0101. The zero-order chi connectivity index (χ0) is 17.3. The van der Waals surface area contributed by atoms with E-state index in [0.717, 1.165) is 0 Å². The average molecular weight is 345 g/mol. The smallest absolute Gasteiger partial charge is 0.261 e. The molecule has 3 aromatic rings. The van der Waals surface area contributed by atoms with Crippen LogP contribution < -0.4 is 10.7 Å². The maximum absolute atomic E-state index is 12.9. The lowest BCUT2D eigenvalue weighted by Crippen LogP contribution is -2.23. The van der Waals surface area contributed by atoms with E-state index in [0.29, 0.717) is 28.2 Å². The van der Waals surface area contributed by atoms with Gasteiger partial charge in [-0.3, -0.25) is 9.59 Å². The molecule has 0 aliphatic heterocycles. The van der Waals surface area contributed by atoms with Gasteiger partial charge in [-0.1, -0.05) is 11.6 Å². The number of carbonyl (C=O) groups is 1. The van der Waals surface area contributed by atoms with Crippen LogP contribution in [-0.4, -0.2) is 10.5 Å². The molecule has 1 amide bonds. The lowest BCUT2D eigenvalue weighted by Gasteiger charge is -2.12. The van der Waals surface area contributed by atoms with Gasteiger partial charge in [-0.2, -0.15) is 0 Å². The van der Waals surface area contributed by atoms with Crippen LogP contribution in [0.5, 0.6) is 0 Å². The quantitative estimate of drug-likeness (QED) is 0.778. The summed E-state index contributed by atoms with van der Waals surface area (Å²) in [4.78, 5) is 25.1. The highest BCUT2D eigenvalue weighted by atomic mass is 35.5. The Morgan fingerprint density at radius 1 is 1.21 bits per heavy atom. The molecule has 0 spiro atoms. The molecule has 122 valence electrons. The Morgan fingerprint density at radius 3 is 2.58 bits per heavy atom. The van der Waals surface area contributed by atoms with Crippen molar-refractivity contribution in [3.63, 3.8) is 0 Å². The number of amides is 1. The summed E-state index contributed by atoms with van der Waals surface area (Å²) < 4.78 is 14.8. The van der Waals surface area contributed by atoms with Gasteiger partial charge in [0.2, 0.25) is 5.43 Å². The number of fused-ring (bicyclic) bond motifs is 1. The van der Waals surface area contributed by atoms with Crippen molar-refractivity contribution in [3.8, 4) is 0 Å². The van der Waals surface area contributed by atoms with Crippen LogP contribution in [0.15, 0.2) is 53.5 Å². The number of aromatic nitrogens is 1. The predicted molar refractivity (Wildman–Crippen MR) is 93.2 cm³/mol. The number of benzene rings is 2. The largest absolute Gasteiger partial charge is 0.347 e. The first kappa shape index (κ1) is 16.2. The Kier molecular flexibility index (Phi) is 4.36.